The predicted molar refractivity (Wildman–Crippen MR) is 61.0 cm³/mol. The zero-order valence-electron chi connectivity index (χ0n) is 7.95. The molecule has 0 saturated carbocycles. The van der Waals surface area contributed by atoms with Crippen LogP contribution in [-0.4, -0.2) is 22.5 Å². The maximum Gasteiger partial charge on any atom is 0.248 e. The zero-order chi connectivity index (χ0) is 9.80. The molecule has 1 aromatic heterocycles. The SMILES string of the molecule is O=c1ccc(NC2CCCSC2)c[nH]1. The number of hydrogen-bond acceptors (Lipinski definition) is 3. The first-order valence-corrected chi connectivity index (χ1v) is 6.03. The zero-order valence-corrected chi connectivity index (χ0v) is 8.77. The van der Waals surface area contributed by atoms with Gasteiger partial charge in [0.15, 0.2) is 0 Å². The minimum atomic E-state index is -0.0476. The van der Waals surface area contributed by atoms with Gasteiger partial charge in [-0.05, 0) is 24.7 Å². The highest BCUT2D eigenvalue weighted by molar-refractivity contribution is 7.99. The Labute approximate surface area is 87.3 Å². The lowest BCUT2D eigenvalue weighted by Crippen LogP contribution is -2.26. The van der Waals surface area contributed by atoms with Crippen LogP contribution < -0.4 is 10.9 Å². The third-order valence-electron chi connectivity index (χ3n) is 2.32. The summed E-state index contributed by atoms with van der Waals surface area (Å²) in [5, 5.41) is 3.42. The molecule has 1 unspecified atom stereocenters. The Morgan fingerprint density at radius 2 is 2.43 bits per heavy atom. The second-order valence-corrected chi connectivity index (χ2v) is 4.65. The lowest BCUT2D eigenvalue weighted by atomic mass is 10.2. The van der Waals surface area contributed by atoms with Crippen molar-refractivity contribution < 1.29 is 0 Å². The van der Waals surface area contributed by atoms with E-state index >= 15 is 0 Å². The van der Waals surface area contributed by atoms with Crippen molar-refractivity contribution in [2.45, 2.75) is 18.9 Å². The monoisotopic (exact) mass is 210 g/mol. The summed E-state index contributed by atoms with van der Waals surface area (Å²) in [6.07, 6.45) is 4.25. The highest BCUT2D eigenvalue weighted by Gasteiger charge is 2.12. The molecule has 1 aliphatic heterocycles. The van der Waals surface area contributed by atoms with Gasteiger partial charge in [0.1, 0.15) is 0 Å². The molecule has 0 aromatic carbocycles. The number of aromatic nitrogens is 1. The highest BCUT2D eigenvalue weighted by atomic mass is 32.2. The Hall–Kier alpha value is -0.900. The second-order valence-electron chi connectivity index (χ2n) is 3.50. The van der Waals surface area contributed by atoms with Crippen LogP contribution in [-0.2, 0) is 0 Å². The van der Waals surface area contributed by atoms with E-state index in [0.717, 1.165) is 5.69 Å². The predicted octanol–water partition coefficient (Wildman–Crippen LogP) is 1.68. The fourth-order valence-electron chi connectivity index (χ4n) is 1.59. The maximum atomic E-state index is 10.8. The molecule has 14 heavy (non-hydrogen) atoms. The molecule has 76 valence electrons. The molecule has 1 aliphatic rings. The Kier molecular flexibility index (Phi) is 3.14. The molecule has 3 nitrogen and oxygen atoms in total. The topological polar surface area (TPSA) is 44.9 Å². The van der Waals surface area contributed by atoms with E-state index in [1.165, 1.54) is 24.3 Å². The molecule has 1 saturated heterocycles. The molecular formula is C10H14N2OS. The van der Waals surface area contributed by atoms with E-state index in [1.807, 2.05) is 17.8 Å². The van der Waals surface area contributed by atoms with E-state index < -0.39 is 0 Å². The van der Waals surface area contributed by atoms with Gasteiger partial charge in [0.2, 0.25) is 5.56 Å². The van der Waals surface area contributed by atoms with Gasteiger partial charge in [-0.1, -0.05) is 0 Å². The van der Waals surface area contributed by atoms with Crippen molar-refractivity contribution in [3.8, 4) is 0 Å². The Bertz CT molecular complexity index is 324. The van der Waals surface area contributed by atoms with Crippen LogP contribution in [0.15, 0.2) is 23.1 Å². The number of hydrogen-bond donors (Lipinski definition) is 2. The molecule has 0 radical (unpaired) electrons. The Morgan fingerprint density at radius 1 is 1.50 bits per heavy atom. The molecule has 2 N–H and O–H groups in total. The van der Waals surface area contributed by atoms with Gasteiger partial charge in [-0.25, -0.2) is 0 Å². The van der Waals surface area contributed by atoms with Gasteiger partial charge in [0, 0.05) is 24.1 Å². The van der Waals surface area contributed by atoms with Gasteiger partial charge in [-0.15, -0.1) is 0 Å². The van der Waals surface area contributed by atoms with Crippen molar-refractivity contribution in [1.82, 2.24) is 4.98 Å². The summed E-state index contributed by atoms with van der Waals surface area (Å²) in [6.45, 7) is 0. The number of H-pyrrole nitrogens is 1. The number of anilines is 1. The van der Waals surface area contributed by atoms with E-state index in [4.69, 9.17) is 0 Å². The maximum absolute atomic E-state index is 10.8. The number of nitrogens with one attached hydrogen (secondary N) is 2. The molecule has 0 spiro atoms. The molecule has 1 aromatic rings. The molecule has 0 amide bonds. The average Bonchev–Trinajstić information content (AvgIpc) is 2.23. The van der Waals surface area contributed by atoms with Gasteiger partial charge >= 0.3 is 0 Å². The van der Waals surface area contributed by atoms with Crippen molar-refractivity contribution in [3.05, 3.63) is 28.7 Å². The van der Waals surface area contributed by atoms with Crippen LogP contribution in [0, 0.1) is 0 Å². The molecule has 4 heteroatoms. The first-order chi connectivity index (χ1) is 6.84. The fraction of sp³-hybridized carbons (Fsp3) is 0.500. The number of pyridine rings is 1. The normalized spacial score (nSPS) is 21.9. The van der Waals surface area contributed by atoms with E-state index in [2.05, 4.69) is 10.3 Å². The summed E-state index contributed by atoms with van der Waals surface area (Å²) in [5.74, 6) is 2.45. The second kappa shape index (κ2) is 4.55. The van der Waals surface area contributed by atoms with Crippen LogP contribution in [0.2, 0.25) is 0 Å². The van der Waals surface area contributed by atoms with Gasteiger partial charge in [-0.3, -0.25) is 4.79 Å². The van der Waals surface area contributed by atoms with Gasteiger partial charge in [0.25, 0.3) is 0 Å². The van der Waals surface area contributed by atoms with Crippen molar-refractivity contribution in [2.75, 3.05) is 16.8 Å². The molecule has 0 aliphatic carbocycles. The quantitative estimate of drug-likeness (QED) is 0.780. The summed E-state index contributed by atoms with van der Waals surface area (Å²) >= 11 is 1.99. The van der Waals surface area contributed by atoms with E-state index in [-0.39, 0.29) is 5.56 Å². The summed E-state index contributed by atoms with van der Waals surface area (Å²) in [4.78, 5) is 13.5. The molecule has 1 atom stereocenters. The smallest absolute Gasteiger partial charge is 0.248 e. The summed E-state index contributed by atoms with van der Waals surface area (Å²) < 4.78 is 0. The van der Waals surface area contributed by atoms with E-state index in [9.17, 15) is 4.79 Å². The van der Waals surface area contributed by atoms with Crippen molar-refractivity contribution in [2.24, 2.45) is 0 Å². The third-order valence-corrected chi connectivity index (χ3v) is 3.53. The standard InChI is InChI=1S/C10H14N2OS/c13-10-4-3-8(6-11-10)12-9-2-1-5-14-7-9/h3-4,6,9,12H,1-2,5,7H2,(H,11,13). The summed E-state index contributed by atoms with van der Waals surface area (Å²) in [5.41, 5.74) is 0.964. The van der Waals surface area contributed by atoms with Gasteiger partial charge < -0.3 is 10.3 Å². The molecular weight excluding hydrogens is 196 g/mol. The van der Waals surface area contributed by atoms with Gasteiger partial charge in [-0.2, -0.15) is 11.8 Å². The highest BCUT2D eigenvalue weighted by Crippen LogP contribution is 2.19. The van der Waals surface area contributed by atoms with Gasteiger partial charge in [0.05, 0.1) is 5.69 Å². The van der Waals surface area contributed by atoms with Crippen LogP contribution in [0.3, 0.4) is 0 Å². The largest absolute Gasteiger partial charge is 0.380 e. The van der Waals surface area contributed by atoms with Crippen LogP contribution in [0.25, 0.3) is 0 Å². The van der Waals surface area contributed by atoms with Crippen LogP contribution >= 0.6 is 11.8 Å². The fourth-order valence-corrected chi connectivity index (χ4v) is 2.66. The first kappa shape index (κ1) is 9.65. The average molecular weight is 210 g/mol. The van der Waals surface area contributed by atoms with Crippen LogP contribution in [0.5, 0.6) is 0 Å². The van der Waals surface area contributed by atoms with E-state index in [1.54, 1.807) is 12.3 Å². The van der Waals surface area contributed by atoms with Crippen molar-refractivity contribution in [3.63, 3.8) is 0 Å². The van der Waals surface area contributed by atoms with Crippen molar-refractivity contribution in [1.29, 1.82) is 0 Å². The summed E-state index contributed by atoms with van der Waals surface area (Å²) in [7, 11) is 0. The minimum absolute atomic E-state index is 0.0476. The number of aromatic amines is 1. The lowest BCUT2D eigenvalue weighted by molar-refractivity contribution is 0.685. The third kappa shape index (κ3) is 2.54. The minimum Gasteiger partial charge on any atom is -0.380 e. The Balaban J connectivity index is 1.96. The Morgan fingerprint density at radius 3 is 3.07 bits per heavy atom. The first-order valence-electron chi connectivity index (χ1n) is 4.87. The van der Waals surface area contributed by atoms with Crippen LogP contribution in [0.4, 0.5) is 5.69 Å². The number of thioether (sulfide) groups is 1. The summed E-state index contributed by atoms with van der Waals surface area (Å²) in [6, 6.07) is 3.94. The molecule has 0 bridgehead atoms. The molecule has 2 heterocycles. The lowest BCUT2D eigenvalue weighted by Gasteiger charge is -2.23. The number of rotatable bonds is 2. The van der Waals surface area contributed by atoms with Crippen LogP contribution in [0.1, 0.15) is 12.8 Å². The molecule has 2 rings (SSSR count). The molecule has 1 fully saturated rings. The van der Waals surface area contributed by atoms with Crippen molar-refractivity contribution >= 4 is 17.4 Å². The van der Waals surface area contributed by atoms with E-state index in [0.29, 0.717) is 6.04 Å².